The second-order valence-electron chi connectivity index (χ2n) is 6.22. The summed E-state index contributed by atoms with van der Waals surface area (Å²) in [6.45, 7) is 5.49. The average molecular weight is 472 g/mol. The Kier molecular flexibility index (Phi) is 5.82. The number of thiazole rings is 1. The number of rotatable bonds is 5. The van der Waals surface area contributed by atoms with Crippen molar-refractivity contribution in [3.8, 4) is 22.8 Å². The largest absolute Gasteiger partial charge is 0.486 e. The van der Waals surface area contributed by atoms with Gasteiger partial charge in [-0.05, 0) is 36.4 Å². The summed E-state index contributed by atoms with van der Waals surface area (Å²) in [5, 5.41) is 6.33. The number of hydrogen-bond donors (Lipinski definition) is 1. The summed E-state index contributed by atoms with van der Waals surface area (Å²) < 4.78 is 14.1. The van der Waals surface area contributed by atoms with Crippen LogP contribution in [0, 0.1) is 0 Å². The van der Waals surface area contributed by atoms with E-state index in [0.29, 0.717) is 30.1 Å². The minimum Gasteiger partial charge on any atom is -0.486 e. The molecule has 2 heterocycles. The van der Waals surface area contributed by atoms with Gasteiger partial charge in [-0.15, -0.1) is 23.0 Å². The van der Waals surface area contributed by atoms with E-state index < -0.39 is 0 Å². The van der Waals surface area contributed by atoms with Crippen molar-refractivity contribution in [1.29, 1.82) is 0 Å². The van der Waals surface area contributed by atoms with E-state index in [-0.39, 0.29) is 5.91 Å². The van der Waals surface area contributed by atoms with E-state index in [1.165, 1.54) is 11.3 Å². The number of fused-ring (bicyclic) bond motifs is 1. The van der Waals surface area contributed by atoms with Crippen LogP contribution < -0.4 is 19.7 Å². The first kappa shape index (κ1) is 19.5. The Bertz CT molecular complexity index is 1140. The summed E-state index contributed by atoms with van der Waals surface area (Å²) in [5.41, 5.74) is 5.10. The fourth-order valence-corrected chi connectivity index (χ4v) is 4.23. The maximum absolute atomic E-state index is 12.4. The number of aromatic nitrogens is 1. The predicted molar refractivity (Wildman–Crippen MR) is 116 cm³/mol. The highest BCUT2D eigenvalue weighted by molar-refractivity contribution is 9.10. The molecule has 0 fully saturated rings. The molecule has 1 amide bonds. The Hall–Kier alpha value is -2.84. The average Bonchev–Trinajstić information content (AvgIpc) is 3.14. The van der Waals surface area contributed by atoms with Gasteiger partial charge >= 0.3 is 0 Å². The molecule has 0 unspecified atom stereocenters. The van der Waals surface area contributed by atoms with Gasteiger partial charge in [0.2, 0.25) is 4.80 Å². The number of carbonyl (C=O) groups excluding carboxylic acids is 1. The second-order valence-corrected chi connectivity index (χ2v) is 7.98. The third-order valence-corrected chi connectivity index (χ3v) is 5.64. The lowest BCUT2D eigenvalue weighted by Gasteiger charge is -2.19. The molecule has 0 radical (unpaired) electrons. The third kappa shape index (κ3) is 4.28. The van der Waals surface area contributed by atoms with Crippen molar-refractivity contribution in [3.05, 3.63) is 75.3 Å². The van der Waals surface area contributed by atoms with E-state index in [2.05, 4.69) is 33.0 Å². The van der Waals surface area contributed by atoms with Crippen LogP contribution in [-0.4, -0.2) is 23.7 Å². The molecule has 0 saturated carbocycles. The number of benzene rings is 2. The molecule has 8 heteroatoms. The van der Waals surface area contributed by atoms with Gasteiger partial charge in [0.1, 0.15) is 13.2 Å². The molecule has 1 aromatic heterocycles. The number of nitrogens with zero attached hydrogens (tertiary/aromatic N) is 2. The summed E-state index contributed by atoms with van der Waals surface area (Å²) in [5.74, 6) is 1.20. The molecular formula is C21H18BrN3O3S. The SMILES string of the molecule is C=CCn1c(-c2ccc3c(c2)OCCO3)csc1=NNC(=O)c1cccc(Br)c1. The summed E-state index contributed by atoms with van der Waals surface area (Å²) in [6.07, 6.45) is 1.80. The molecule has 2 aromatic carbocycles. The molecule has 1 N–H and O–H groups in total. The zero-order valence-corrected chi connectivity index (χ0v) is 17.8. The van der Waals surface area contributed by atoms with Crippen LogP contribution in [0.3, 0.4) is 0 Å². The van der Waals surface area contributed by atoms with Gasteiger partial charge in [-0.25, -0.2) is 5.43 Å². The standard InChI is InChI=1S/C21H18BrN3O3S/c1-2-8-25-17(14-6-7-18-19(12-14)28-10-9-27-18)13-29-21(25)24-23-20(26)15-4-3-5-16(22)11-15/h2-7,11-13H,1,8-10H2,(H,23,26). The molecule has 4 rings (SSSR count). The predicted octanol–water partition coefficient (Wildman–Crippen LogP) is 4.18. The number of halogens is 1. The van der Waals surface area contributed by atoms with Gasteiger partial charge in [0.25, 0.3) is 5.91 Å². The van der Waals surface area contributed by atoms with Crippen LogP contribution in [0.15, 0.2) is 70.1 Å². The Labute approximate surface area is 180 Å². The smallest absolute Gasteiger partial charge is 0.271 e. The molecule has 148 valence electrons. The van der Waals surface area contributed by atoms with Crippen molar-refractivity contribution in [2.24, 2.45) is 5.10 Å². The van der Waals surface area contributed by atoms with Crippen LogP contribution in [0.1, 0.15) is 10.4 Å². The van der Waals surface area contributed by atoms with Gasteiger partial charge in [-0.2, -0.15) is 0 Å². The number of allylic oxidation sites excluding steroid dienone is 1. The van der Waals surface area contributed by atoms with Gasteiger partial charge in [0.05, 0.1) is 5.69 Å². The molecule has 0 atom stereocenters. The number of hydrogen-bond acceptors (Lipinski definition) is 5. The first-order valence-electron chi connectivity index (χ1n) is 8.94. The van der Waals surface area contributed by atoms with Crippen LogP contribution >= 0.6 is 27.3 Å². The van der Waals surface area contributed by atoms with E-state index >= 15 is 0 Å². The molecule has 6 nitrogen and oxygen atoms in total. The van der Waals surface area contributed by atoms with Crippen molar-refractivity contribution in [2.75, 3.05) is 13.2 Å². The van der Waals surface area contributed by atoms with Crippen LogP contribution in [0.4, 0.5) is 0 Å². The fraction of sp³-hybridized carbons (Fsp3) is 0.143. The Morgan fingerprint density at radius 2 is 2.07 bits per heavy atom. The minimum atomic E-state index is -0.272. The fourth-order valence-electron chi connectivity index (χ4n) is 2.95. The lowest BCUT2D eigenvalue weighted by Crippen LogP contribution is -2.24. The van der Waals surface area contributed by atoms with E-state index in [4.69, 9.17) is 9.47 Å². The normalized spacial score (nSPS) is 13.2. The van der Waals surface area contributed by atoms with E-state index in [1.807, 2.05) is 40.3 Å². The van der Waals surface area contributed by atoms with Crippen molar-refractivity contribution in [1.82, 2.24) is 9.99 Å². The highest BCUT2D eigenvalue weighted by atomic mass is 79.9. The molecule has 0 aliphatic carbocycles. The van der Waals surface area contributed by atoms with Crippen LogP contribution in [0.5, 0.6) is 11.5 Å². The van der Waals surface area contributed by atoms with Crippen molar-refractivity contribution >= 4 is 33.2 Å². The Morgan fingerprint density at radius 1 is 1.24 bits per heavy atom. The van der Waals surface area contributed by atoms with E-state index in [1.54, 1.807) is 18.2 Å². The highest BCUT2D eigenvalue weighted by Gasteiger charge is 2.15. The van der Waals surface area contributed by atoms with E-state index in [9.17, 15) is 4.79 Å². The molecule has 29 heavy (non-hydrogen) atoms. The second kappa shape index (κ2) is 8.67. The van der Waals surface area contributed by atoms with Gasteiger partial charge in [-0.3, -0.25) is 4.79 Å². The molecule has 0 bridgehead atoms. The summed E-state index contributed by atoms with van der Waals surface area (Å²) in [7, 11) is 0. The molecule has 1 aliphatic rings. The van der Waals surface area contributed by atoms with Gasteiger partial charge in [0.15, 0.2) is 11.5 Å². The first-order chi connectivity index (χ1) is 14.2. The maximum atomic E-state index is 12.4. The number of carbonyl (C=O) groups is 1. The Morgan fingerprint density at radius 3 is 2.86 bits per heavy atom. The minimum absolute atomic E-state index is 0.272. The number of ether oxygens (including phenoxy) is 2. The molecule has 0 saturated heterocycles. The van der Waals surface area contributed by atoms with Crippen LogP contribution in [0.2, 0.25) is 0 Å². The molecule has 1 aliphatic heterocycles. The summed E-state index contributed by atoms with van der Waals surface area (Å²) in [6, 6.07) is 13.0. The van der Waals surface area contributed by atoms with Gasteiger partial charge < -0.3 is 14.0 Å². The molecular weight excluding hydrogens is 454 g/mol. The lowest BCUT2D eigenvalue weighted by atomic mass is 10.1. The lowest BCUT2D eigenvalue weighted by molar-refractivity contribution is 0.0953. The monoisotopic (exact) mass is 471 g/mol. The highest BCUT2D eigenvalue weighted by Crippen LogP contribution is 2.34. The van der Waals surface area contributed by atoms with Crippen molar-refractivity contribution < 1.29 is 14.3 Å². The third-order valence-electron chi connectivity index (χ3n) is 4.29. The van der Waals surface area contributed by atoms with Crippen molar-refractivity contribution in [2.45, 2.75) is 6.54 Å². The summed E-state index contributed by atoms with van der Waals surface area (Å²) in [4.78, 5) is 13.1. The van der Waals surface area contributed by atoms with Crippen LogP contribution in [-0.2, 0) is 6.54 Å². The zero-order valence-electron chi connectivity index (χ0n) is 15.4. The first-order valence-corrected chi connectivity index (χ1v) is 10.6. The van der Waals surface area contributed by atoms with Crippen LogP contribution in [0.25, 0.3) is 11.3 Å². The molecule has 3 aromatic rings. The quantitative estimate of drug-likeness (QED) is 0.448. The number of amides is 1. The molecule has 0 spiro atoms. The van der Waals surface area contributed by atoms with Crippen molar-refractivity contribution in [3.63, 3.8) is 0 Å². The van der Waals surface area contributed by atoms with Gasteiger partial charge in [-0.1, -0.05) is 28.1 Å². The van der Waals surface area contributed by atoms with Gasteiger partial charge in [0, 0.05) is 27.5 Å². The topological polar surface area (TPSA) is 64.8 Å². The van der Waals surface area contributed by atoms with E-state index in [0.717, 1.165) is 27.2 Å². The number of nitrogens with one attached hydrogen (secondary N) is 1. The zero-order chi connectivity index (χ0) is 20.2. The maximum Gasteiger partial charge on any atom is 0.271 e. The Balaban J connectivity index is 1.65. The summed E-state index contributed by atoms with van der Waals surface area (Å²) >= 11 is 4.81.